The Hall–Kier alpha value is -1.64. The number of ether oxygens (including phenoxy) is 2. The van der Waals surface area contributed by atoms with Crippen molar-refractivity contribution in [1.29, 1.82) is 0 Å². The number of nitrogens with one attached hydrogen (secondary N) is 1. The molecule has 3 atom stereocenters. The fourth-order valence-corrected chi connectivity index (χ4v) is 6.49. The Morgan fingerprint density at radius 2 is 2.03 bits per heavy atom. The molecule has 1 aromatic carbocycles. The second-order valence-corrected chi connectivity index (χ2v) is 10.2. The Kier molecular flexibility index (Phi) is 6.13. The van der Waals surface area contributed by atoms with Gasteiger partial charge in [0.15, 0.2) is 0 Å². The number of fused-ring (bicyclic) bond motifs is 2. The van der Waals surface area contributed by atoms with Crippen molar-refractivity contribution in [3.63, 3.8) is 0 Å². The van der Waals surface area contributed by atoms with E-state index in [4.69, 9.17) is 9.47 Å². The first-order valence-electron chi connectivity index (χ1n) is 10.6. The summed E-state index contributed by atoms with van der Waals surface area (Å²) in [6, 6.07) is 4.69. The molecule has 7 nitrogen and oxygen atoms in total. The second kappa shape index (κ2) is 8.62. The molecule has 1 amide bonds. The number of anilines is 1. The molecule has 8 heteroatoms. The number of sulfonamides is 1. The average Bonchev–Trinajstić information content (AvgIpc) is 3.33. The van der Waals surface area contributed by atoms with E-state index in [2.05, 4.69) is 5.32 Å². The highest BCUT2D eigenvalue weighted by Gasteiger charge is 2.40. The lowest BCUT2D eigenvalue weighted by molar-refractivity contribution is -0.117. The van der Waals surface area contributed by atoms with Gasteiger partial charge in [0.05, 0.1) is 30.4 Å². The lowest BCUT2D eigenvalue weighted by atomic mass is 9.86. The van der Waals surface area contributed by atoms with Crippen molar-refractivity contribution in [2.45, 2.75) is 43.9 Å². The maximum absolute atomic E-state index is 13.0. The number of hydrogen-bond donors (Lipinski definition) is 1. The second-order valence-electron chi connectivity index (χ2n) is 8.29. The maximum atomic E-state index is 13.0. The molecule has 0 aromatic heterocycles. The molecular formula is C21H30N2O5S. The maximum Gasteiger partial charge on any atom is 0.243 e. The van der Waals surface area contributed by atoms with E-state index in [1.54, 1.807) is 12.1 Å². The van der Waals surface area contributed by atoms with Crippen molar-refractivity contribution in [2.24, 2.45) is 17.8 Å². The normalized spacial score (nSPS) is 27.1. The topological polar surface area (TPSA) is 84.9 Å². The molecule has 1 N–H and O–H groups in total. The van der Waals surface area contributed by atoms with Gasteiger partial charge in [-0.05, 0) is 62.1 Å². The fraction of sp³-hybridized carbons (Fsp3) is 0.667. The van der Waals surface area contributed by atoms with Gasteiger partial charge in [-0.25, -0.2) is 8.42 Å². The van der Waals surface area contributed by atoms with Crippen LogP contribution >= 0.6 is 0 Å². The number of carbonyl (C=O) groups excluding carboxylic acids is 1. The summed E-state index contributed by atoms with van der Waals surface area (Å²) < 4.78 is 38.3. The van der Waals surface area contributed by atoms with Crippen LogP contribution in [0.25, 0.3) is 0 Å². The highest BCUT2D eigenvalue weighted by molar-refractivity contribution is 7.89. The standard InChI is InChI=1S/C21H30N2O5S/c1-2-28-20-6-5-18(29(25,26)23-7-9-27-10-8-23)14-19(20)22-21(24)13-17-12-15-3-4-16(17)11-15/h5-6,14-17H,2-4,7-13H2,1H3,(H,22,24). The number of amides is 1. The molecule has 4 rings (SSSR count). The van der Waals surface area contributed by atoms with Crippen LogP contribution in [0.1, 0.15) is 39.0 Å². The summed E-state index contributed by atoms with van der Waals surface area (Å²) in [7, 11) is -3.63. The summed E-state index contributed by atoms with van der Waals surface area (Å²) in [6.07, 6.45) is 5.43. The van der Waals surface area contributed by atoms with E-state index in [1.165, 1.54) is 29.6 Å². The molecule has 3 fully saturated rings. The zero-order valence-electron chi connectivity index (χ0n) is 16.9. The molecule has 160 valence electrons. The Bertz CT molecular complexity index is 851. The molecule has 1 aromatic rings. The van der Waals surface area contributed by atoms with E-state index in [0.29, 0.717) is 62.6 Å². The van der Waals surface area contributed by atoms with Crippen LogP contribution in [0.15, 0.2) is 23.1 Å². The zero-order chi connectivity index (χ0) is 20.4. The monoisotopic (exact) mass is 422 g/mol. The minimum absolute atomic E-state index is 0.0653. The summed E-state index contributed by atoms with van der Waals surface area (Å²) in [4.78, 5) is 12.9. The van der Waals surface area contributed by atoms with Gasteiger partial charge in [-0.2, -0.15) is 4.31 Å². The molecule has 29 heavy (non-hydrogen) atoms. The van der Waals surface area contributed by atoms with Gasteiger partial charge in [0, 0.05) is 19.5 Å². The van der Waals surface area contributed by atoms with Gasteiger partial charge in [-0.3, -0.25) is 4.79 Å². The van der Waals surface area contributed by atoms with Crippen molar-refractivity contribution in [1.82, 2.24) is 4.31 Å². The van der Waals surface area contributed by atoms with E-state index in [1.807, 2.05) is 6.92 Å². The van der Waals surface area contributed by atoms with Crippen LogP contribution in [0, 0.1) is 17.8 Å². The lowest BCUT2D eigenvalue weighted by Crippen LogP contribution is -2.40. The molecule has 3 aliphatic rings. The Morgan fingerprint density at radius 1 is 1.24 bits per heavy atom. The van der Waals surface area contributed by atoms with Gasteiger partial charge in [0.1, 0.15) is 5.75 Å². The molecule has 1 aliphatic heterocycles. The number of morpholine rings is 1. The molecule has 2 saturated carbocycles. The number of hydrogen-bond acceptors (Lipinski definition) is 5. The van der Waals surface area contributed by atoms with E-state index < -0.39 is 10.0 Å². The van der Waals surface area contributed by atoms with Crippen LogP contribution in [0.2, 0.25) is 0 Å². The number of benzene rings is 1. The minimum Gasteiger partial charge on any atom is -0.492 e. The van der Waals surface area contributed by atoms with Gasteiger partial charge >= 0.3 is 0 Å². The van der Waals surface area contributed by atoms with Crippen LogP contribution in [-0.2, 0) is 19.6 Å². The highest BCUT2D eigenvalue weighted by atomic mass is 32.2. The van der Waals surface area contributed by atoms with Crippen LogP contribution < -0.4 is 10.1 Å². The molecule has 2 aliphatic carbocycles. The third kappa shape index (κ3) is 4.44. The van der Waals surface area contributed by atoms with Crippen LogP contribution in [-0.4, -0.2) is 51.5 Å². The molecule has 1 saturated heterocycles. The summed E-state index contributed by atoms with van der Waals surface area (Å²) >= 11 is 0. The number of rotatable bonds is 7. The van der Waals surface area contributed by atoms with Crippen molar-refractivity contribution in [3.8, 4) is 5.75 Å². The van der Waals surface area contributed by atoms with E-state index >= 15 is 0 Å². The quantitative estimate of drug-likeness (QED) is 0.730. The van der Waals surface area contributed by atoms with Gasteiger partial charge in [-0.1, -0.05) is 6.42 Å². The summed E-state index contributed by atoms with van der Waals surface area (Å²) in [5, 5.41) is 2.93. The SMILES string of the molecule is CCOc1ccc(S(=O)(=O)N2CCOCC2)cc1NC(=O)CC1CC2CCC1C2. The van der Waals surface area contributed by atoms with Crippen LogP contribution in [0.3, 0.4) is 0 Å². The largest absolute Gasteiger partial charge is 0.492 e. The Labute approximate surface area is 172 Å². The molecule has 1 heterocycles. The first-order chi connectivity index (χ1) is 14.0. The predicted octanol–water partition coefficient (Wildman–Crippen LogP) is 2.87. The fourth-order valence-electron chi connectivity index (χ4n) is 5.05. The van der Waals surface area contributed by atoms with Crippen LogP contribution in [0.4, 0.5) is 5.69 Å². The summed E-state index contributed by atoms with van der Waals surface area (Å²) in [5.74, 6) is 2.34. The first kappa shape index (κ1) is 20.6. The van der Waals surface area contributed by atoms with Gasteiger partial charge in [0.25, 0.3) is 0 Å². The minimum atomic E-state index is -3.63. The molecule has 2 bridgehead atoms. The first-order valence-corrected chi connectivity index (χ1v) is 12.1. The van der Waals surface area contributed by atoms with Crippen molar-refractivity contribution < 1.29 is 22.7 Å². The lowest BCUT2D eigenvalue weighted by Gasteiger charge is -2.26. The van der Waals surface area contributed by atoms with E-state index in [0.717, 1.165) is 12.3 Å². The van der Waals surface area contributed by atoms with E-state index in [-0.39, 0.29) is 10.8 Å². The van der Waals surface area contributed by atoms with Crippen molar-refractivity contribution >= 4 is 21.6 Å². The average molecular weight is 423 g/mol. The van der Waals surface area contributed by atoms with Gasteiger partial charge in [0.2, 0.25) is 15.9 Å². The zero-order valence-corrected chi connectivity index (χ0v) is 17.7. The number of carbonyl (C=O) groups is 1. The predicted molar refractivity (Wildman–Crippen MR) is 109 cm³/mol. The molecular weight excluding hydrogens is 392 g/mol. The van der Waals surface area contributed by atoms with Crippen LogP contribution in [0.5, 0.6) is 5.75 Å². The number of nitrogens with zero attached hydrogens (tertiary/aromatic N) is 1. The molecule has 3 unspecified atom stereocenters. The third-order valence-electron chi connectivity index (χ3n) is 6.46. The van der Waals surface area contributed by atoms with Crippen molar-refractivity contribution in [2.75, 3.05) is 38.2 Å². The summed E-state index contributed by atoms with van der Waals surface area (Å²) in [5.41, 5.74) is 0.425. The third-order valence-corrected chi connectivity index (χ3v) is 8.36. The Morgan fingerprint density at radius 3 is 2.69 bits per heavy atom. The van der Waals surface area contributed by atoms with E-state index in [9.17, 15) is 13.2 Å². The molecule has 0 radical (unpaired) electrons. The summed E-state index contributed by atoms with van der Waals surface area (Å²) in [6.45, 7) is 3.75. The van der Waals surface area contributed by atoms with Crippen molar-refractivity contribution in [3.05, 3.63) is 18.2 Å². The van der Waals surface area contributed by atoms with Gasteiger partial charge < -0.3 is 14.8 Å². The smallest absolute Gasteiger partial charge is 0.243 e. The van der Waals surface area contributed by atoms with Gasteiger partial charge in [-0.15, -0.1) is 0 Å². The Balaban J connectivity index is 1.51. The molecule has 0 spiro atoms. The highest BCUT2D eigenvalue weighted by Crippen LogP contribution is 2.49.